The number of hydrogen-bond acceptors (Lipinski definition) is 4. The van der Waals surface area contributed by atoms with Crippen LogP contribution in [0.15, 0.2) is 36.4 Å². The molecule has 0 aliphatic rings. The Hall–Kier alpha value is -2.55. The topological polar surface area (TPSA) is 73.1 Å². The molecule has 0 aromatic heterocycles. The Morgan fingerprint density at radius 1 is 1.29 bits per heavy atom. The first-order chi connectivity index (χ1) is 11.4. The summed E-state index contributed by atoms with van der Waals surface area (Å²) in [4.78, 5) is 10.4. The first kappa shape index (κ1) is 17.8. The van der Waals surface area contributed by atoms with Gasteiger partial charge in [0.15, 0.2) is 5.75 Å². The van der Waals surface area contributed by atoms with Crippen molar-refractivity contribution in [3.8, 4) is 11.8 Å². The Bertz CT molecular complexity index is 836. The minimum atomic E-state index is -1.41. The molecular formula is C17H9Cl2FNO3-. The molecule has 0 saturated carbocycles. The molecule has 2 aromatic carbocycles. The molecule has 0 aliphatic carbocycles. The maximum Gasteiger partial charge on any atom is 0.157 e. The minimum absolute atomic E-state index is 0.00365. The van der Waals surface area contributed by atoms with Crippen molar-refractivity contribution in [1.82, 2.24) is 0 Å². The van der Waals surface area contributed by atoms with E-state index in [1.54, 1.807) is 6.07 Å². The number of carboxylic acids is 1. The van der Waals surface area contributed by atoms with Crippen molar-refractivity contribution in [1.29, 1.82) is 5.26 Å². The number of nitrogens with zero attached hydrogens (tertiary/aromatic N) is 1. The number of ether oxygens (including phenoxy) is 1. The average Bonchev–Trinajstić information content (AvgIpc) is 2.51. The van der Waals surface area contributed by atoms with Crippen LogP contribution in [-0.4, -0.2) is 12.6 Å². The van der Waals surface area contributed by atoms with Crippen molar-refractivity contribution in [3.63, 3.8) is 0 Å². The number of nitriles is 1. The molecule has 0 amide bonds. The van der Waals surface area contributed by atoms with E-state index >= 15 is 0 Å². The fourth-order valence-corrected chi connectivity index (χ4v) is 2.55. The first-order valence-electron chi connectivity index (χ1n) is 6.60. The van der Waals surface area contributed by atoms with Crippen LogP contribution in [0.5, 0.6) is 5.75 Å². The Morgan fingerprint density at radius 2 is 1.96 bits per heavy atom. The zero-order valence-corrected chi connectivity index (χ0v) is 13.6. The third-order valence-corrected chi connectivity index (χ3v) is 3.48. The van der Waals surface area contributed by atoms with Gasteiger partial charge >= 0.3 is 0 Å². The van der Waals surface area contributed by atoms with E-state index < -0.39 is 18.4 Å². The van der Waals surface area contributed by atoms with E-state index in [0.717, 1.165) is 0 Å². The maximum atomic E-state index is 13.3. The lowest BCUT2D eigenvalue weighted by molar-refractivity contribution is -0.307. The molecule has 24 heavy (non-hydrogen) atoms. The molecule has 0 heterocycles. The Morgan fingerprint density at radius 3 is 2.50 bits per heavy atom. The van der Waals surface area contributed by atoms with Crippen LogP contribution in [0.4, 0.5) is 4.39 Å². The Kier molecular flexibility index (Phi) is 5.80. The summed E-state index contributed by atoms with van der Waals surface area (Å²) in [6, 6.07) is 10.5. The minimum Gasteiger partial charge on any atom is -0.546 e. The third-order valence-electron chi connectivity index (χ3n) is 2.92. The van der Waals surface area contributed by atoms with E-state index in [-0.39, 0.29) is 21.4 Å². The second-order valence-corrected chi connectivity index (χ2v) is 5.47. The van der Waals surface area contributed by atoms with Crippen LogP contribution in [0.3, 0.4) is 0 Å². The second-order valence-electron chi connectivity index (χ2n) is 4.65. The number of carbonyl (C=O) groups excluding carboxylic acids is 1. The van der Waals surface area contributed by atoms with E-state index in [0.29, 0.717) is 11.1 Å². The predicted molar refractivity (Wildman–Crippen MR) is 86.8 cm³/mol. The highest BCUT2D eigenvalue weighted by Crippen LogP contribution is 2.35. The van der Waals surface area contributed by atoms with Gasteiger partial charge in [0.05, 0.1) is 27.7 Å². The van der Waals surface area contributed by atoms with Gasteiger partial charge in [-0.1, -0.05) is 35.3 Å². The molecule has 0 aliphatic heterocycles. The molecule has 0 bridgehead atoms. The van der Waals surface area contributed by atoms with Crippen molar-refractivity contribution in [2.75, 3.05) is 6.61 Å². The van der Waals surface area contributed by atoms with Gasteiger partial charge in [-0.05, 0) is 41.5 Å². The van der Waals surface area contributed by atoms with E-state index in [2.05, 4.69) is 0 Å². The number of benzene rings is 2. The predicted octanol–water partition coefficient (Wildman–Crippen LogP) is 3.33. The SMILES string of the molecule is N#C/C(=C\c1cc(Cl)c(OCC(=O)[O-])c(Cl)c1)c1cccc(F)c1. The fraction of sp³-hybridized carbons (Fsp3) is 0.0588. The monoisotopic (exact) mass is 364 g/mol. The molecule has 0 saturated heterocycles. The van der Waals surface area contributed by atoms with Gasteiger partial charge in [-0.2, -0.15) is 5.26 Å². The zero-order chi connectivity index (χ0) is 17.7. The molecule has 0 atom stereocenters. The summed E-state index contributed by atoms with van der Waals surface area (Å²) in [5.41, 5.74) is 1.10. The summed E-state index contributed by atoms with van der Waals surface area (Å²) < 4.78 is 18.2. The molecule has 0 fully saturated rings. The van der Waals surface area contributed by atoms with Crippen molar-refractivity contribution in [2.24, 2.45) is 0 Å². The van der Waals surface area contributed by atoms with Gasteiger partial charge in [-0.25, -0.2) is 4.39 Å². The lowest BCUT2D eigenvalue weighted by atomic mass is 10.0. The highest BCUT2D eigenvalue weighted by molar-refractivity contribution is 6.37. The number of allylic oxidation sites excluding steroid dienone is 1. The second kappa shape index (κ2) is 7.82. The number of carbonyl (C=O) groups is 1. The highest BCUT2D eigenvalue weighted by atomic mass is 35.5. The molecule has 0 radical (unpaired) electrons. The molecule has 0 unspecified atom stereocenters. The molecule has 4 nitrogen and oxygen atoms in total. The van der Waals surface area contributed by atoms with Crippen LogP contribution in [0, 0.1) is 17.1 Å². The maximum absolute atomic E-state index is 13.3. The van der Waals surface area contributed by atoms with Gasteiger partial charge < -0.3 is 14.6 Å². The van der Waals surface area contributed by atoms with Gasteiger partial charge in [0.25, 0.3) is 0 Å². The standard InChI is InChI=1S/C17H10Cl2FNO3/c18-14-5-10(6-15(19)17(14)24-9-16(22)23)4-12(8-21)11-2-1-3-13(20)7-11/h1-7H,9H2,(H,22,23)/p-1/b12-4+. The van der Waals surface area contributed by atoms with Crippen molar-refractivity contribution >= 4 is 40.8 Å². The van der Waals surface area contributed by atoms with Crippen LogP contribution < -0.4 is 9.84 Å². The van der Waals surface area contributed by atoms with Crippen LogP contribution >= 0.6 is 23.2 Å². The quantitative estimate of drug-likeness (QED) is 0.602. The number of hydrogen-bond donors (Lipinski definition) is 0. The van der Waals surface area contributed by atoms with Crippen molar-refractivity contribution < 1.29 is 19.0 Å². The number of carboxylic acid groups (broad SMARTS) is 1. The van der Waals surface area contributed by atoms with Crippen molar-refractivity contribution in [3.05, 3.63) is 63.4 Å². The zero-order valence-electron chi connectivity index (χ0n) is 12.1. The number of halogens is 3. The van der Waals surface area contributed by atoms with Crippen LogP contribution in [0.1, 0.15) is 11.1 Å². The van der Waals surface area contributed by atoms with E-state index in [1.165, 1.54) is 36.4 Å². The summed E-state index contributed by atoms with van der Waals surface area (Å²) in [6.45, 7) is -0.693. The van der Waals surface area contributed by atoms with Gasteiger partial charge in [0, 0.05) is 0 Å². The summed E-state index contributed by atoms with van der Waals surface area (Å²) in [5.74, 6) is -1.87. The lowest BCUT2D eigenvalue weighted by Gasteiger charge is -2.11. The smallest absolute Gasteiger partial charge is 0.157 e. The van der Waals surface area contributed by atoms with E-state index in [9.17, 15) is 19.6 Å². The molecule has 122 valence electrons. The number of rotatable bonds is 5. The first-order valence-corrected chi connectivity index (χ1v) is 7.35. The summed E-state index contributed by atoms with van der Waals surface area (Å²) >= 11 is 12.0. The normalized spacial score (nSPS) is 11.0. The third kappa shape index (κ3) is 4.48. The largest absolute Gasteiger partial charge is 0.546 e. The molecule has 2 rings (SSSR count). The fourth-order valence-electron chi connectivity index (χ4n) is 1.93. The molecule has 0 spiro atoms. The van der Waals surface area contributed by atoms with Crippen molar-refractivity contribution in [2.45, 2.75) is 0 Å². The van der Waals surface area contributed by atoms with Gasteiger partial charge in [-0.15, -0.1) is 0 Å². The van der Waals surface area contributed by atoms with Gasteiger partial charge in [0.1, 0.15) is 12.4 Å². The Balaban J connectivity index is 2.38. The van der Waals surface area contributed by atoms with Gasteiger partial charge in [0.2, 0.25) is 0 Å². The van der Waals surface area contributed by atoms with Crippen LogP contribution in [0.25, 0.3) is 11.6 Å². The lowest BCUT2D eigenvalue weighted by Crippen LogP contribution is -2.29. The molecule has 2 aromatic rings. The van der Waals surface area contributed by atoms with Crippen LogP contribution in [-0.2, 0) is 4.79 Å². The molecule has 7 heteroatoms. The van der Waals surface area contributed by atoms with E-state index in [1.807, 2.05) is 6.07 Å². The number of aliphatic carboxylic acids is 1. The summed E-state index contributed by atoms with van der Waals surface area (Å²) in [6.07, 6.45) is 1.48. The van der Waals surface area contributed by atoms with E-state index in [4.69, 9.17) is 27.9 Å². The highest BCUT2D eigenvalue weighted by Gasteiger charge is 2.10. The molecule has 0 N–H and O–H groups in total. The Labute approximate surface area is 147 Å². The average molecular weight is 365 g/mol. The summed E-state index contributed by atoms with van der Waals surface area (Å²) in [5, 5.41) is 19.8. The van der Waals surface area contributed by atoms with Crippen LogP contribution in [0.2, 0.25) is 10.0 Å². The molecular weight excluding hydrogens is 356 g/mol. The van der Waals surface area contributed by atoms with Gasteiger partial charge in [-0.3, -0.25) is 0 Å². The summed E-state index contributed by atoms with van der Waals surface area (Å²) in [7, 11) is 0.